The molecule has 0 radical (unpaired) electrons. The molecule has 10 heteroatoms. The summed E-state index contributed by atoms with van der Waals surface area (Å²) < 4.78 is 10.9. The van der Waals surface area contributed by atoms with Crippen molar-refractivity contribution in [3.8, 4) is 0 Å². The Bertz CT molecular complexity index is 1440. The number of aromatic amines is 1. The van der Waals surface area contributed by atoms with Gasteiger partial charge in [-0.2, -0.15) is 0 Å². The van der Waals surface area contributed by atoms with Gasteiger partial charge in [-0.05, 0) is 61.0 Å². The molecule has 1 heterocycles. The molecule has 204 valence electrons. The van der Waals surface area contributed by atoms with Gasteiger partial charge < -0.3 is 24.7 Å². The summed E-state index contributed by atoms with van der Waals surface area (Å²) in [6.07, 6.45) is 4.53. The van der Waals surface area contributed by atoms with Crippen LogP contribution in [0.5, 0.6) is 0 Å². The van der Waals surface area contributed by atoms with Crippen LogP contribution in [0.1, 0.15) is 39.8 Å². The topological polar surface area (TPSA) is 118 Å². The maximum Gasteiger partial charge on any atom is 0.247 e. The molecule has 0 saturated heterocycles. The fraction of sp³-hybridized carbons (Fsp3) is 0.241. The van der Waals surface area contributed by atoms with Gasteiger partial charge in [0.1, 0.15) is 18.1 Å². The van der Waals surface area contributed by atoms with Gasteiger partial charge in [-0.1, -0.05) is 11.6 Å². The normalized spacial score (nSPS) is 12.6. The fourth-order valence-corrected chi connectivity index (χ4v) is 4.37. The lowest BCUT2D eigenvalue weighted by Gasteiger charge is -2.27. The number of halogens is 1. The Balaban J connectivity index is 1.95. The summed E-state index contributed by atoms with van der Waals surface area (Å²) in [4.78, 5) is 53.0. The molecule has 1 aromatic heterocycles. The molecule has 0 aliphatic carbocycles. The number of carbonyl (C=O) groups is 4. The van der Waals surface area contributed by atoms with Crippen LogP contribution in [0.25, 0.3) is 16.5 Å². The van der Waals surface area contributed by atoms with E-state index in [1.54, 1.807) is 67.7 Å². The van der Waals surface area contributed by atoms with E-state index in [0.29, 0.717) is 52.4 Å². The number of ether oxygens (including phenoxy) is 2. The van der Waals surface area contributed by atoms with Gasteiger partial charge in [0.05, 0.1) is 12.8 Å². The largest absolute Gasteiger partial charge is 0.495 e. The molecule has 0 saturated carbocycles. The van der Waals surface area contributed by atoms with Gasteiger partial charge in [0.15, 0.2) is 12.1 Å². The minimum atomic E-state index is -0.688. The van der Waals surface area contributed by atoms with E-state index in [9.17, 15) is 19.2 Å². The molecule has 1 amide bonds. The maximum absolute atomic E-state index is 13.4. The third-order valence-electron chi connectivity index (χ3n) is 6.12. The number of rotatable bonds is 13. The lowest BCUT2D eigenvalue weighted by atomic mass is 9.96. The number of likely N-dealkylation sites (N-methyl/N-ethyl adjacent to an activating group) is 1. The van der Waals surface area contributed by atoms with Crippen molar-refractivity contribution >= 4 is 58.0 Å². The van der Waals surface area contributed by atoms with Gasteiger partial charge in [0.25, 0.3) is 0 Å². The van der Waals surface area contributed by atoms with Crippen LogP contribution in [0.2, 0.25) is 5.02 Å². The van der Waals surface area contributed by atoms with E-state index < -0.39 is 6.04 Å². The van der Waals surface area contributed by atoms with Gasteiger partial charge in [0, 0.05) is 66.1 Å². The minimum Gasteiger partial charge on any atom is -0.495 e. The number of anilines is 1. The third kappa shape index (κ3) is 7.22. The number of aromatic nitrogens is 1. The number of methoxy groups -OCH3 is 2. The maximum atomic E-state index is 13.4. The predicted molar refractivity (Wildman–Crippen MR) is 151 cm³/mol. The lowest BCUT2D eigenvalue weighted by Crippen LogP contribution is -2.40. The number of nitrogens with zero attached hydrogens (tertiary/aromatic N) is 1. The zero-order valence-electron chi connectivity index (χ0n) is 22.1. The monoisotopic (exact) mass is 551 g/mol. The molecule has 0 spiro atoms. The molecule has 0 aliphatic heterocycles. The minimum absolute atomic E-state index is 0.209. The van der Waals surface area contributed by atoms with Crippen molar-refractivity contribution in [2.24, 2.45) is 0 Å². The second-order valence-corrected chi connectivity index (χ2v) is 9.19. The van der Waals surface area contributed by atoms with Crippen molar-refractivity contribution < 1.29 is 28.7 Å². The van der Waals surface area contributed by atoms with E-state index in [4.69, 9.17) is 21.1 Å². The highest BCUT2D eigenvalue weighted by atomic mass is 35.5. The molecule has 2 aromatic carbocycles. The summed E-state index contributed by atoms with van der Waals surface area (Å²) in [5.41, 5.74) is 2.90. The van der Waals surface area contributed by atoms with Crippen molar-refractivity contribution in [3.05, 3.63) is 82.3 Å². The molecule has 1 atom stereocenters. The first-order chi connectivity index (χ1) is 18.7. The quantitative estimate of drug-likeness (QED) is 0.102. The van der Waals surface area contributed by atoms with Crippen LogP contribution in [0.3, 0.4) is 0 Å². The standard InChI is InChI=1S/C29H30ClN3O6/c1-18(36)23-7-5-20(30)15-25(23)24(9-11-34)28(39-4)16-33(2)27(10-12-38-3)29(37)32-21-6-8-26-19(13-21)14-22(17-35)31-26/h5-9,11,13-17,27,31H,10,12H2,1-4H3,(H,32,37)/b24-9-,28-16+. The van der Waals surface area contributed by atoms with Crippen LogP contribution in [0.4, 0.5) is 5.69 Å². The van der Waals surface area contributed by atoms with Gasteiger partial charge in [-0.3, -0.25) is 19.2 Å². The number of allylic oxidation sites excluding steroid dienone is 2. The number of Topliss-reactive ketones (excluding diaryl/α,β-unsaturated/α-hetero) is 1. The zero-order valence-corrected chi connectivity index (χ0v) is 22.9. The Morgan fingerprint density at radius 1 is 1.10 bits per heavy atom. The number of fused-ring (bicyclic) bond motifs is 1. The molecule has 3 rings (SSSR count). The summed E-state index contributed by atoms with van der Waals surface area (Å²) in [5.74, 6) is -0.265. The molecule has 0 aliphatic rings. The van der Waals surface area contributed by atoms with E-state index in [0.717, 1.165) is 17.2 Å². The van der Waals surface area contributed by atoms with Crippen LogP contribution in [-0.2, 0) is 19.1 Å². The average Bonchev–Trinajstić information content (AvgIpc) is 3.33. The van der Waals surface area contributed by atoms with Crippen LogP contribution in [-0.4, -0.2) is 68.1 Å². The van der Waals surface area contributed by atoms with Crippen LogP contribution in [0.15, 0.2) is 60.5 Å². The van der Waals surface area contributed by atoms with Crippen LogP contribution in [0, 0.1) is 0 Å². The zero-order chi connectivity index (χ0) is 28.5. The number of ketones is 1. The lowest BCUT2D eigenvalue weighted by molar-refractivity contribution is -0.120. The summed E-state index contributed by atoms with van der Waals surface area (Å²) in [6.45, 7) is 1.72. The third-order valence-corrected chi connectivity index (χ3v) is 6.35. The predicted octanol–water partition coefficient (Wildman–Crippen LogP) is 4.88. The van der Waals surface area contributed by atoms with Crippen LogP contribution >= 0.6 is 11.6 Å². The second kappa shape index (κ2) is 13.5. The first-order valence-electron chi connectivity index (χ1n) is 12.0. The van der Waals surface area contributed by atoms with E-state index in [-0.39, 0.29) is 17.4 Å². The molecule has 0 bridgehead atoms. The molecule has 2 N–H and O–H groups in total. The molecule has 9 nitrogen and oxygen atoms in total. The Morgan fingerprint density at radius 2 is 1.87 bits per heavy atom. The number of nitrogens with one attached hydrogen (secondary N) is 2. The Labute approximate surface area is 231 Å². The van der Waals surface area contributed by atoms with Gasteiger partial charge in [-0.25, -0.2) is 0 Å². The molecule has 0 fully saturated rings. The summed E-state index contributed by atoms with van der Waals surface area (Å²) in [7, 11) is 4.68. The number of hydrogen-bond donors (Lipinski definition) is 2. The summed E-state index contributed by atoms with van der Waals surface area (Å²) >= 11 is 6.21. The first kappa shape index (κ1) is 29.3. The highest BCUT2D eigenvalue weighted by molar-refractivity contribution is 6.31. The van der Waals surface area contributed by atoms with Gasteiger partial charge in [0.2, 0.25) is 5.91 Å². The SMILES string of the molecule is COCCC(C(=O)Nc1ccc2[nH]c(C=O)cc2c1)N(C)/C=C(OC)\C(=C/C=O)c1cc(Cl)ccc1C(C)=O. The Hall–Kier alpha value is -4.21. The van der Waals surface area contributed by atoms with Crippen molar-refractivity contribution in [1.82, 2.24) is 9.88 Å². The van der Waals surface area contributed by atoms with Crippen molar-refractivity contribution in [2.45, 2.75) is 19.4 Å². The van der Waals surface area contributed by atoms with Gasteiger partial charge in [-0.15, -0.1) is 0 Å². The summed E-state index contributed by atoms with van der Waals surface area (Å²) in [6, 6.07) is 11.1. The van der Waals surface area contributed by atoms with E-state index in [1.165, 1.54) is 20.1 Å². The highest BCUT2D eigenvalue weighted by Gasteiger charge is 2.24. The average molecular weight is 552 g/mol. The number of benzene rings is 2. The number of amides is 1. The van der Waals surface area contributed by atoms with Crippen molar-refractivity contribution in [2.75, 3.05) is 33.2 Å². The Morgan fingerprint density at radius 3 is 2.51 bits per heavy atom. The van der Waals surface area contributed by atoms with Crippen LogP contribution < -0.4 is 5.32 Å². The first-order valence-corrected chi connectivity index (χ1v) is 12.4. The fourth-order valence-electron chi connectivity index (χ4n) is 4.20. The number of hydrogen-bond acceptors (Lipinski definition) is 7. The van der Waals surface area contributed by atoms with Gasteiger partial charge >= 0.3 is 0 Å². The number of aldehydes is 2. The molecule has 39 heavy (non-hydrogen) atoms. The van der Waals surface area contributed by atoms with Crippen molar-refractivity contribution in [1.29, 1.82) is 0 Å². The molecule has 3 aromatic rings. The van der Waals surface area contributed by atoms with E-state index in [2.05, 4.69) is 10.3 Å². The molecular weight excluding hydrogens is 522 g/mol. The van der Waals surface area contributed by atoms with Crippen molar-refractivity contribution in [3.63, 3.8) is 0 Å². The number of H-pyrrole nitrogens is 1. The molecular formula is C29H30ClN3O6. The van der Waals surface area contributed by atoms with E-state index >= 15 is 0 Å². The summed E-state index contributed by atoms with van der Waals surface area (Å²) in [5, 5.41) is 4.08. The Kier molecular flexibility index (Phi) is 10.2. The smallest absolute Gasteiger partial charge is 0.247 e. The second-order valence-electron chi connectivity index (χ2n) is 8.76. The highest BCUT2D eigenvalue weighted by Crippen LogP contribution is 2.30. The van der Waals surface area contributed by atoms with E-state index in [1.807, 2.05) is 0 Å². The number of carbonyl (C=O) groups excluding carboxylic acids is 4. The molecule has 1 unspecified atom stereocenters.